The quantitative estimate of drug-likeness (QED) is 0.499. The molecule has 8 heteroatoms. The molecule has 0 aliphatic rings. The molecule has 2 aromatic carbocycles. The second-order valence-electron chi connectivity index (χ2n) is 7.01. The average Bonchev–Trinajstić information content (AvgIpc) is 3.21. The molecule has 0 fully saturated rings. The number of ether oxygens (including phenoxy) is 1. The van der Waals surface area contributed by atoms with Crippen molar-refractivity contribution in [1.29, 1.82) is 0 Å². The first-order chi connectivity index (χ1) is 15.0. The third-order valence-corrected chi connectivity index (χ3v) is 5.10. The number of carbonyl (C=O) groups excluding carboxylic acids is 2. The topological polar surface area (TPSA) is 85.2 Å². The van der Waals surface area contributed by atoms with Crippen LogP contribution in [0.5, 0.6) is 5.75 Å². The minimum Gasteiger partial charge on any atom is -0.496 e. The maximum absolute atomic E-state index is 12.7. The van der Waals surface area contributed by atoms with Gasteiger partial charge in [0.15, 0.2) is 0 Å². The second kappa shape index (κ2) is 10.6. The fourth-order valence-electron chi connectivity index (χ4n) is 3.23. The minimum absolute atomic E-state index is 0.139. The predicted molar refractivity (Wildman–Crippen MR) is 119 cm³/mol. The average molecular weight is 441 g/mol. The lowest BCUT2D eigenvalue weighted by Crippen LogP contribution is -2.32. The summed E-state index contributed by atoms with van der Waals surface area (Å²) >= 11 is 5.84. The number of nitrogens with zero attached hydrogens (tertiary/aromatic N) is 2. The van der Waals surface area contributed by atoms with Gasteiger partial charge in [0.1, 0.15) is 17.6 Å². The van der Waals surface area contributed by atoms with Crippen LogP contribution in [0, 0.1) is 0 Å². The van der Waals surface area contributed by atoms with E-state index in [9.17, 15) is 9.59 Å². The summed E-state index contributed by atoms with van der Waals surface area (Å²) in [5, 5.41) is 6.44. The van der Waals surface area contributed by atoms with Crippen LogP contribution in [0.1, 0.15) is 40.6 Å². The van der Waals surface area contributed by atoms with E-state index in [-0.39, 0.29) is 18.2 Å². The van der Waals surface area contributed by atoms with E-state index in [0.717, 1.165) is 5.56 Å². The Bertz CT molecular complexity index is 1030. The first-order valence-electron chi connectivity index (χ1n) is 9.93. The Balaban J connectivity index is 1.59. The number of nitrogens with one attached hydrogen (secondary N) is 2. The zero-order valence-corrected chi connectivity index (χ0v) is 18.2. The summed E-state index contributed by atoms with van der Waals surface area (Å²) in [4.78, 5) is 29.2. The molecule has 0 aliphatic carbocycles. The maximum Gasteiger partial charge on any atom is 0.251 e. The SMILES string of the molecule is COc1ccccc1C(NC(=O)CCCNC(=O)c1ccc(Cl)cc1)c1nccn1C. The van der Waals surface area contributed by atoms with Crippen LogP contribution in [0.3, 0.4) is 0 Å². The first-order valence-corrected chi connectivity index (χ1v) is 10.3. The third kappa shape index (κ3) is 5.86. The third-order valence-electron chi connectivity index (χ3n) is 4.84. The number of carbonyl (C=O) groups is 2. The summed E-state index contributed by atoms with van der Waals surface area (Å²) in [7, 11) is 3.47. The summed E-state index contributed by atoms with van der Waals surface area (Å²) in [5.41, 5.74) is 1.35. The summed E-state index contributed by atoms with van der Waals surface area (Å²) in [6.45, 7) is 0.386. The number of aryl methyl sites for hydroxylation is 1. The summed E-state index contributed by atoms with van der Waals surface area (Å²) < 4.78 is 7.34. The molecule has 0 saturated heterocycles. The largest absolute Gasteiger partial charge is 0.496 e. The molecule has 3 aromatic rings. The van der Waals surface area contributed by atoms with Crippen LogP contribution in [0.2, 0.25) is 5.02 Å². The molecule has 0 aliphatic heterocycles. The van der Waals surface area contributed by atoms with Crippen LogP contribution >= 0.6 is 11.6 Å². The molecule has 0 spiro atoms. The Hall–Kier alpha value is -3.32. The van der Waals surface area contributed by atoms with Crippen molar-refractivity contribution in [2.24, 2.45) is 7.05 Å². The van der Waals surface area contributed by atoms with Crippen molar-refractivity contribution in [2.45, 2.75) is 18.9 Å². The van der Waals surface area contributed by atoms with Crippen LogP contribution in [-0.4, -0.2) is 35.0 Å². The fourth-order valence-corrected chi connectivity index (χ4v) is 3.35. The minimum atomic E-state index is -0.452. The van der Waals surface area contributed by atoms with E-state index in [1.54, 1.807) is 37.6 Å². The van der Waals surface area contributed by atoms with Crippen molar-refractivity contribution < 1.29 is 14.3 Å². The van der Waals surface area contributed by atoms with Crippen LogP contribution in [0.25, 0.3) is 0 Å². The highest BCUT2D eigenvalue weighted by Gasteiger charge is 2.23. The molecule has 1 aromatic heterocycles. The summed E-state index contributed by atoms with van der Waals surface area (Å²) in [6.07, 6.45) is 4.29. The van der Waals surface area contributed by atoms with E-state index in [0.29, 0.717) is 35.1 Å². The zero-order valence-electron chi connectivity index (χ0n) is 17.5. The number of benzene rings is 2. The number of aromatic nitrogens is 2. The van der Waals surface area contributed by atoms with Crippen LogP contribution in [0.4, 0.5) is 0 Å². The number of hydrogen-bond acceptors (Lipinski definition) is 4. The number of hydrogen-bond donors (Lipinski definition) is 2. The Morgan fingerprint density at radius 3 is 2.58 bits per heavy atom. The fraction of sp³-hybridized carbons (Fsp3) is 0.261. The van der Waals surface area contributed by atoms with E-state index in [2.05, 4.69) is 15.6 Å². The van der Waals surface area contributed by atoms with Gasteiger partial charge in [-0.1, -0.05) is 29.8 Å². The van der Waals surface area contributed by atoms with E-state index in [4.69, 9.17) is 16.3 Å². The summed E-state index contributed by atoms with van der Waals surface area (Å²) in [6, 6.07) is 13.7. The smallest absolute Gasteiger partial charge is 0.251 e. The van der Waals surface area contributed by atoms with Gasteiger partial charge in [-0.2, -0.15) is 0 Å². The molecular formula is C23H25ClN4O3. The normalized spacial score (nSPS) is 11.6. The van der Waals surface area contributed by atoms with Gasteiger partial charge in [0.25, 0.3) is 5.91 Å². The molecule has 1 heterocycles. The van der Waals surface area contributed by atoms with E-state index >= 15 is 0 Å². The maximum atomic E-state index is 12.7. The molecule has 2 N–H and O–H groups in total. The van der Waals surface area contributed by atoms with Gasteiger partial charge in [-0.3, -0.25) is 9.59 Å². The molecule has 3 rings (SSSR count). The van der Waals surface area contributed by atoms with Gasteiger partial charge in [0, 0.05) is 48.6 Å². The number of methoxy groups -OCH3 is 1. The molecule has 0 bridgehead atoms. The van der Waals surface area contributed by atoms with Crippen LogP contribution in [-0.2, 0) is 11.8 Å². The highest BCUT2D eigenvalue weighted by Crippen LogP contribution is 2.29. The lowest BCUT2D eigenvalue weighted by Gasteiger charge is -2.21. The molecule has 1 unspecified atom stereocenters. The van der Waals surface area contributed by atoms with Gasteiger partial charge in [-0.05, 0) is 36.8 Å². The number of para-hydroxylation sites is 1. The van der Waals surface area contributed by atoms with Crippen molar-refractivity contribution in [3.05, 3.63) is 82.9 Å². The Labute approximate surface area is 186 Å². The molecule has 31 heavy (non-hydrogen) atoms. The van der Waals surface area contributed by atoms with E-state index in [1.165, 1.54) is 0 Å². The van der Waals surface area contributed by atoms with Crippen LogP contribution < -0.4 is 15.4 Å². The lowest BCUT2D eigenvalue weighted by molar-refractivity contribution is -0.121. The van der Waals surface area contributed by atoms with Gasteiger partial charge in [-0.25, -0.2) is 4.98 Å². The zero-order chi connectivity index (χ0) is 22.2. The molecule has 162 valence electrons. The molecule has 2 amide bonds. The van der Waals surface area contributed by atoms with Gasteiger partial charge in [-0.15, -0.1) is 0 Å². The first kappa shape index (κ1) is 22.4. The number of amides is 2. The highest BCUT2D eigenvalue weighted by molar-refractivity contribution is 6.30. The number of rotatable bonds is 9. The monoisotopic (exact) mass is 440 g/mol. The van der Waals surface area contributed by atoms with Crippen molar-refractivity contribution in [3.8, 4) is 5.75 Å². The van der Waals surface area contributed by atoms with Gasteiger partial charge >= 0.3 is 0 Å². The Kier molecular flexibility index (Phi) is 7.67. The summed E-state index contributed by atoms with van der Waals surface area (Å²) in [5.74, 6) is 1.04. The molecule has 1 atom stereocenters. The standard InChI is InChI=1S/C23H25ClN4O3/c1-28-15-14-25-22(28)21(18-6-3-4-7-19(18)31-2)27-20(29)8-5-13-26-23(30)16-9-11-17(24)12-10-16/h3-4,6-7,9-12,14-15,21H,5,8,13H2,1-2H3,(H,26,30)(H,27,29). The Morgan fingerprint density at radius 2 is 1.90 bits per heavy atom. The molecular weight excluding hydrogens is 416 g/mol. The van der Waals surface area contributed by atoms with Crippen molar-refractivity contribution >= 4 is 23.4 Å². The predicted octanol–water partition coefficient (Wildman–Crippen LogP) is 3.50. The number of imidazole rings is 1. The van der Waals surface area contributed by atoms with Gasteiger partial charge in [0.05, 0.1) is 7.11 Å². The second-order valence-corrected chi connectivity index (χ2v) is 7.44. The molecule has 0 saturated carbocycles. The van der Waals surface area contributed by atoms with Crippen molar-refractivity contribution in [2.75, 3.05) is 13.7 Å². The number of halogens is 1. The molecule has 7 nitrogen and oxygen atoms in total. The van der Waals surface area contributed by atoms with Crippen molar-refractivity contribution in [1.82, 2.24) is 20.2 Å². The van der Waals surface area contributed by atoms with E-state index in [1.807, 2.05) is 42.1 Å². The lowest BCUT2D eigenvalue weighted by atomic mass is 10.0. The van der Waals surface area contributed by atoms with Crippen LogP contribution in [0.15, 0.2) is 60.9 Å². The van der Waals surface area contributed by atoms with Crippen molar-refractivity contribution in [3.63, 3.8) is 0 Å². The Morgan fingerprint density at radius 1 is 1.16 bits per heavy atom. The molecule has 0 radical (unpaired) electrons. The van der Waals surface area contributed by atoms with E-state index < -0.39 is 6.04 Å². The highest BCUT2D eigenvalue weighted by atomic mass is 35.5. The van der Waals surface area contributed by atoms with Gasteiger partial charge in [0.2, 0.25) is 5.91 Å². The van der Waals surface area contributed by atoms with Gasteiger partial charge < -0.3 is 19.9 Å².